The van der Waals surface area contributed by atoms with Gasteiger partial charge in [0.1, 0.15) is 10.5 Å². The third-order valence-electron chi connectivity index (χ3n) is 3.44. The molecule has 0 unspecified atom stereocenters. The third kappa shape index (κ3) is 5.17. The average molecular weight is 391 g/mol. The van der Waals surface area contributed by atoms with Crippen LogP contribution in [0.4, 0.5) is 0 Å². The number of benzene rings is 1. The van der Waals surface area contributed by atoms with Crippen molar-refractivity contribution in [2.24, 2.45) is 0 Å². The molecule has 0 saturated heterocycles. The topological polar surface area (TPSA) is 67.5 Å². The quantitative estimate of drug-likeness (QED) is 0.421. The Bertz CT molecular complexity index is 843. The summed E-state index contributed by atoms with van der Waals surface area (Å²) in [5, 5.41) is 1.59. The molecule has 2 rings (SSSR count). The highest BCUT2D eigenvalue weighted by atomic mass is 35.5. The van der Waals surface area contributed by atoms with Gasteiger partial charge in [0, 0.05) is 23.9 Å². The van der Waals surface area contributed by atoms with E-state index in [0.29, 0.717) is 24.6 Å². The van der Waals surface area contributed by atoms with Gasteiger partial charge in [0.2, 0.25) is 5.52 Å². The average Bonchev–Trinajstić information content (AvgIpc) is 2.83. The number of thiazole rings is 1. The molecular formula is C16H21ClNO4S2+. The molecule has 0 amide bonds. The first-order chi connectivity index (χ1) is 11.3. The lowest BCUT2D eigenvalue weighted by Crippen LogP contribution is -2.36. The number of aromatic nitrogens is 1. The van der Waals surface area contributed by atoms with Gasteiger partial charge in [-0.25, -0.2) is 0 Å². The Labute approximate surface area is 151 Å². The molecule has 0 atom stereocenters. The molecule has 2 aromatic rings. The molecule has 0 aliphatic heterocycles. The SMILES string of the molecule is CCOC(=Cc1sc2ccc(Cl)cc2[n+]1CCCS(=O)(=O)O)CC. The summed E-state index contributed by atoms with van der Waals surface area (Å²) in [6.45, 7) is 5.02. The summed E-state index contributed by atoms with van der Waals surface area (Å²) in [6.07, 6.45) is 3.07. The van der Waals surface area contributed by atoms with Gasteiger partial charge in [-0.1, -0.05) is 29.9 Å². The molecule has 1 N–H and O–H groups in total. The minimum atomic E-state index is -3.96. The van der Waals surface area contributed by atoms with E-state index in [2.05, 4.69) is 0 Å². The lowest BCUT2D eigenvalue weighted by Gasteiger charge is -2.04. The van der Waals surface area contributed by atoms with Gasteiger partial charge in [0.15, 0.2) is 6.54 Å². The lowest BCUT2D eigenvalue weighted by molar-refractivity contribution is -0.668. The van der Waals surface area contributed by atoms with Crippen LogP contribution in [0.1, 0.15) is 31.7 Å². The minimum absolute atomic E-state index is 0.271. The monoisotopic (exact) mass is 390 g/mol. The zero-order chi connectivity index (χ0) is 17.7. The predicted octanol–water partition coefficient (Wildman–Crippen LogP) is 3.91. The summed E-state index contributed by atoms with van der Waals surface area (Å²) in [4.78, 5) is 0. The van der Waals surface area contributed by atoms with Crippen LogP contribution in [-0.4, -0.2) is 25.3 Å². The van der Waals surface area contributed by atoms with Crippen molar-refractivity contribution >= 4 is 49.3 Å². The lowest BCUT2D eigenvalue weighted by atomic mass is 10.3. The summed E-state index contributed by atoms with van der Waals surface area (Å²) < 4.78 is 39.6. The minimum Gasteiger partial charge on any atom is -0.498 e. The van der Waals surface area contributed by atoms with Gasteiger partial charge in [0.05, 0.1) is 18.4 Å². The van der Waals surface area contributed by atoms with Crippen LogP contribution in [0.25, 0.3) is 16.3 Å². The van der Waals surface area contributed by atoms with Crippen LogP contribution in [0.2, 0.25) is 5.02 Å². The van der Waals surface area contributed by atoms with Gasteiger partial charge >= 0.3 is 0 Å². The van der Waals surface area contributed by atoms with E-state index in [1.807, 2.05) is 42.7 Å². The Morgan fingerprint density at radius 2 is 2.17 bits per heavy atom. The Kier molecular flexibility index (Phi) is 6.62. The van der Waals surface area contributed by atoms with Crippen molar-refractivity contribution in [1.29, 1.82) is 0 Å². The van der Waals surface area contributed by atoms with Gasteiger partial charge in [-0.2, -0.15) is 13.0 Å². The molecule has 8 heteroatoms. The van der Waals surface area contributed by atoms with Crippen molar-refractivity contribution < 1.29 is 22.3 Å². The molecule has 0 aliphatic carbocycles. The van der Waals surface area contributed by atoms with E-state index in [0.717, 1.165) is 27.4 Å². The van der Waals surface area contributed by atoms with Gasteiger partial charge in [0.25, 0.3) is 15.1 Å². The maximum atomic E-state index is 11.0. The molecule has 24 heavy (non-hydrogen) atoms. The molecule has 0 fully saturated rings. The van der Waals surface area contributed by atoms with Gasteiger partial charge in [-0.05, 0) is 19.1 Å². The first kappa shape index (κ1) is 19.2. The largest absolute Gasteiger partial charge is 0.498 e. The zero-order valence-electron chi connectivity index (χ0n) is 13.7. The van der Waals surface area contributed by atoms with Crippen LogP contribution >= 0.6 is 22.9 Å². The number of fused-ring (bicyclic) bond motifs is 1. The van der Waals surface area contributed by atoms with Crippen molar-refractivity contribution in [3.8, 4) is 0 Å². The van der Waals surface area contributed by atoms with Crippen LogP contribution < -0.4 is 4.57 Å². The Morgan fingerprint density at radius 3 is 2.79 bits per heavy atom. The zero-order valence-corrected chi connectivity index (χ0v) is 16.0. The maximum Gasteiger partial charge on any atom is 0.266 e. The van der Waals surface area contributed by atoms with Crippen LogP contribution in [0.5, 0.6) is 0 Å². The van der Waals surface area contributed by atoms with Crippen LogP contribution in [0.15, 0.2) is 24.0 Å². The van der Waals surface area contributed by atoms with E-state index in [4.69, 9.17) is 20.9 Å². The fraction of sp³-hybridized carbons (Fsp3) is 0.438. The molecule has 0 radical (unpaired) electrons. The first-order valence-electron chi connectivity index (χ1n) is 7.74. The molecule has 1 aromatic carbocycles. The molecule has 1 heterocycles. The standard InChI is InChI=1S/C16H20ClNO4S2/c1-3-13(22-4-2)11-16-18(8-5-9-24(19,20)21)14-10-12(17)6-7-15(14)23-16/h6-7,10-11H,3-5,8-9H2,1-2H3/p+1. The van der Waals surface area contributed by atoms with Gasteiger partial charge < -0.3 is 4.74 Å². The highest BCUT2D eigenvalue weighted by Gasteiger charge is 2.21. The number of rotatable bonds is 8. The van der Waals surface area contributed by atoms with Crippen molar-refractivity contribution in [2.45, 2.75) is 33.2 Å². The van der Waals surface area contributed by atoms with Crippen LogP contribution in [-0.2, 0) is 21.4 Å². The van der Waals surface area contributed by atoms with Crippen molar-refractivity contribution in [3.05, 3.63) is 34.0 Å². The molecule has 1 aromatic heterocycles. The number of nitrogens with zero attached hydrogens (tertiary/aromatic N) is 1. The smallest absolute Gasteiger partial charge is 0.266 e. The van der Waals surface area contributed by atoms with Gasteiger partial charge in [-0.15, -0.1) is 0 Å². The summed E-state index contributed by atoms with van der Waals surface area (Å²) in [5.41, 5.74) is 0.945. The van der Waals surface area contributed by atoms with Crippen molar-refractivity contribution in [1.82, 2.24) is 0 Å². The van der Waals surface area contributed by atoms with E-state index in [1.165, 1.54) is 0 Å². The number of allylic oxidation sites excluding steroid dienone is 1. The fourth-order valence-corrected chi connectivity index (χ4v) is 4.17. The molecule has 5 nitrogen and oxygen atoms in total. The third-order valence-corrected chi connectivity index (χ3v) is 5.59. The van der Waals surface area contributed by atoms with E-state index < -0.39 is 10.1 Å². The highest BCUT2D eigenvalue weighted by molar-refractivity contribution is 7.85. The Hall–Kier alpha value is -1.15. The molecule has 0 bridgehead atoms. The Balaban J connectivity index is 2.43. The number of ether oxygens (including phenoxy) is 1. The van der Waals surface area contributed by atoms with E-state index in [9.17, 15) is 8.42 Å². The van der Waals surface area contributed by atoms with Crippen molar-refractivity contribution in [2.75, 3.05) is 12.4 Å². The van der Waals surface area contributed by atoms with Crippen LogP contribution in [0, 0.1) is 0 Å². The summed E-state index contributed by atoms with van der Waals surface area (Å²) in [6, 6.07) is 5.65. The summed E-state index contributed by atoms with van der Waals surface area (Å²) >= 11 is 7.70. The first-order valence-corrected chi connectivity index (χ1v) is 10.5. The molecular weight excluding hydrogens is 370 g/mol. The van der Waals surface area contributed by atoms with E-state index in [-0.39, 0.29) is 5.75 Å². The van der Waals surface area contributed by atoms with E-state index in [1.54, 1.807) is 11.3 Å². The molecule has 132 valence electrons. The second kappa shape index (κ2) is 8.29. The fourth-order valence-electron chi connectivity index (χ4n) is 2.39. The van der Waals surface area contributed by atoms with Gasteiger partial charge in [-0.3, -0.25) is 4.55 Å². The number of hydrogen-bond acceptors (Lipinski definition) is 4. The molecule has 0 aliphatic rings. The second-order valence-electron chi connectivity index (χ2n) is 5.24. The number of halogens is 1. The summed E-state index contributed by atoms with van der Waals surface area (Å²) in [7, 11) is -3.96. The highest BCUT2D eigenvalue weighted by Crippen LogP contribution is 2.26. The molecule has 0 saturated carbocycles. The Morgan fingerprint density at radius 1 is 1.42 bits per heavy atom. The number of aryl methyl sites for hydroxylation is 1. The summed E-state index contributed by atoms with van der Waals surface area (Å²) in [5.74, 6) is 0.603. The molecule has 0 spiro atoms. The van der Waals surface area contributed by atoms with Crippen molar-refractivity contribution in [3.63, 3.8) is 0 Å². The normalized spacial score (nSPS) is 12.8. The van der Waals surface area contributed by atoms with E-state index >= 15 is 0 Å². The second-order valence-corrected chi connectivity index (χ2v) is 8.31. The predicted molar refractivity (Wildman–Crippen MR) is 98.0 cm³/mol. The number of hydrogen-bond donors (Lipinski definition) is 1. The maximum absolute atomic E-state index is 11.0. The van der Waals surface area contributed by atoms with Crippen LogP contribution in [0.3, 0.4) is 0 Å².